The van der Waals surface area contributed by atoms with Gasteiger partial charge >= 0.3 is 12.2 Å². The summed E-state index contributed by atoms with van der Waals surface area (Å²) in [4.78, 5) is 33.6. The second kappa shape index (κ2) is 4.86. The van der Waals surface area contributed by atoms with Gasteiger partial charge in [-0.05, 0) is 20.8 Å². The Kier molecular flexibility index (Phi) is 3.70. The average Bonchev–Trinajstić information content (AvgIpc) is 2.62. The number of aromatic nitrogens is 1. The molecule has 0 atom stereocenters. The smallest absolute Gasteiger partial charge is 0.425 e. The van der Waals surface area contributed by atoms with E-state index in [0.29, 0.717) is 6.29 Å². The molecule has 18 heavy (non-hydrogen) atoms. The quantitative estimate of drug-likeness (QED) is 0.804. The molecule has 0 radical (unpaired) electrons. The molecular formula is C10H12N2O6. The number of nitrogens with zero attached hydrogens (tertiary/aromatic N) is 2. The Hall–Kier alpha value is -2.38. The molecule has 1 aromatic rings. The van der Waals surface area contributed by atoms with E-state index in [4.69, 9.17) is 9.84 Å². The van der Waals surface area contributed by atoms with Crippen LogP contribution in [0.4, 0.5) is 15.4 Å². The second-order valence-corrected chi connectivity index (χ2v) is 4.31. The first-order valence-corrected chi connectivity index (χ1v) is 4.92. The number of carboxylic acid groups (broad SMARTS) is 1. The van der Waals surface area contributed by atoms with Gasteiger partial charge in [0.05, 0.1) is 5.56 Å². The molecule has 0 unspecified atom stereocenters. The third-order valence-electron chi connectivity index (χ3n) is 1.68. The Bertz CT molecular complexity index is 473. The third-order valence-corrected chi connectivity index (χ3v) is 1.68. The van der Waals surface area contributed by atoms with Crippen LogP contribution < -0.4 is 4.90 Å². The van der Waals surface area contributed by atoms with Gasteiger partial charge in [-0.25, -0.2) is 9.59 Å². The molecule has 0 aliphatic heterocycles. The summed E-state index contributed by atoms with van der Waals surface area (Å²) in [5, 5.41) is 12.3. The van der Waals surface area contributed by atoms with E-state index in [2.05, 4.69) is 9.68 Å². The lowest BCUT2D eigenvalue weighted by molar-refractivity contribution is 0.0580. The Morgan fingerprint density at radius 3 is 2.56 bits per heavy atom. The maximum absolute atomic E-state index is 11.7. The summed E-state index contributed by atoms with van der Waals surface area (Å²) in [6.45, 7) is 4.73. The molecule has 0 spiro atoms. The molecule has 2 amide bonds. The third kappa shape index (κ3) is 3.06. The van der Waals surface area contributed by atoms with Gasteiger partial charge in [0.1, 0.15) is 11.9 Å². The fraction of sp³-hybridized carbons (Fsp3) is 0.400. The lowest BCUT2D eigenvalue weighted by Crippen LogP contribution is -2.40. The van der Waals surface area contributed by atoms with Crippen molar-refractivity contribution in [2.75, 3.05) is 4.90 Å². The van der Waals surface area contributed by atoms with Crippen LogP contribution in [-0.2, 0) is 4.74 Å². The zero-order valence-corrected chi connectivity index (χ0v) is 10.0. The first kappa shape index (κ1) is 13.7. The predicted octanol–water partition coefficient (Wildman–Crippen LogP) is 1.91. The summed E-state index contributed by atoms with van der Waals surface area (Å²) in [7, 11) is 0. The van der Waals surface area contributed by atoms with Crippen LogP contribution in [0.25, 0.3) is 0 Å². The van der Waals surface area contributed by atoms with E-state index in [9.17, 15) is 14.4 Å². The molecule has 1 N–H and O–H groups in total. The van der Waals surface area contributed by atoms with Gasteiger partial charge in [-0.1, -0.05) is 5.16 Å². The molecule has 8 heteroatoms. The minimum absolute atomic E-state index is 0.164. The van der Waals surface area contributed by atoms with Crippen LogP contribution in [0.2, 0.25) is 0 Å². The molecule has 98 valence electrons. The van der Waals surface area contributed by atoms with E-state index in [1.54, 1.807) is 20.8 Å². The van der Waals surface area contributed by atoms with Crippen molar-refractivity contribution in [2.45, 2.75) is 26.4 Å². The first-order valence-electron chi connectivity index (χ1n) is 4.92. The molecule has 1 heterocycles. The number of aldehydes is 1. The van der Waals surface area contributed by atoms with Crippen molar-refractivity contribution in [2.24, 2.45) is 0 Å². The lowest BCUT2D eigenvalue weighted by Gasteiger charge is -2.23. The summed E-state index contributed by atoms with van der Waals surface area (Å²) in [6, 6.07) is 0. The molecule has 1 rings (SSSR count). The van der Waals surface area contributed by atoms with Gasteiger partial charge in [0.15, 0.2) is 6.29 Å². The zero-order valence-electron chi connectivity index (χ0n) is 10.0. The summed E-state index contributed by atoms with van der Waals surface area (Å²) < 4.78 is 9.35. The second-order valence-electron chi connectivity index (χ2n) is 4.31. The predicted molar refractivity (Wildman–Crippen MR) is 58.6 cm³/mol. The molecule has 0 saturated carbocycles. The van der Waals surface area contributed by atoms with E-state index in [-0.39, 0.29) is 10.5 Å². The van der Waals surface area contributed by atoms with Gasteiger partial charge in [-0.2, -0.15) is 4.90 Å². The molecule has 1 aromatic heterocycles. The molecule has 0 aliphatic carbocycles. The number of hydrogen-bond acceptors (Lipinski definition) is 6. The Labute approximate surface area is 102 Å². The van der Waals surface area contributed by atoms with E-state index in [1.165, 1.54) is 0 Å². The summed E-state index contributed by atoms with van der Waals surface area (Å²) in [5.74, 6) is -0.424. The highest BCUT2D eigenvalue weighted by atomic mass is 16.6. The van der Waals surface area contributed by atoms with Crippen LogP contribution >= 0.6 is 0 Å². The van der Waals surface area contributed by atoms with E-state index in [0.717, 1.165) is 6.26 Å². The number of ether oxygens (including phenoxy) is 1. The highest BCUT2D eigenvalue weighted by Gasteiger charge is 2.32. The zero-order chi connectivity index (χ0) is 13.9. The van der Waals surface area contributed by atoms with Crippen LogP contribution in [0, 0.1) is 0 Å². The molecule has 0 fully saturated rings. The fourth-order valence-electron chi connectivity index (χ4n) is 1.05. The normalized spacial score (nSPS) is 10.8. The standard InChI is InChI=1S/C10H12N2O6/c1-10(2,3)18-9(16)12(8(14)15)7-6(4-13)5-17-11-7/h4-5H,1-3H3,(H,14,15). The maximum atomic E-state index is 11.7. The summed E-state index contributed by atoms with van der Waals surface area (Å²) in [5.41, 5.74) is -1.04. The van der Waals surface area contributed by atoms with E-state index in [1.807, 2.05) is 0 Å². The Balaban J connectivity index is 3.08. The minimum atomic E-state index is -1.62. The van der Waals surface area contributed by atoms with Crippen molar-refractivity contribution in [3.63, 3.8) is 0 Å². The van der Waals surface area contributed by atoms with Crippen LogP contribution in [0.5, 0.6) is 0 Å². The molecule has 0 aliphatic rings. The number of hydrogen-bond donors (Lipinski definition) is 1. The lowest BCUT2D eigenvalue weighted by atomic mass is 10.2. The Morgan fingerprint density at radius 1 is 1.50 bits per heavy atom. The van der Waals surface area contributed by atoms with Crippen molar-refractivity contribution in [1.82, 2.24) is 5.16 Å². The van der Waals surface area contributed by atoms with Crippen molar-refractivity contribution >= 4 is 24.3 Å². The largest absolute Gasteiger partial charge is 0.464 e. The van der Waals surface area contributed by atoms with E-state index >= 15 is 0 Å². The number of carbonyl (C=O) groups excluding carboxylic acids is 2. The highest BCUT2D eigenvalue weighted by molar-refractivity contribution is 6.10. The maximum Gasteiger partial charge on any atom is 0.425 e. The number of imide groups is 1. The number of amides is 2. The van der Waals surface area contributed by atoms with Gasteiger partial charge in [0.25, 0.3) is 0 Å². The van der Waals surface area contributed by atoms with Crippen LogP contribution in [-0.4, -0.2) is 34.3 Å². The van der Waals surface area contributed by atoms with Crippen LogP contribution in [0.15, 0.2) is 10.8 Å². The van der Waals surface area contributed by atoms with E-state index < -0.39 is 23.6 Å². The van der Waals surface area contributed by atoms with Crippen molar-refractivity contribution in [3.05, 3.63) is 11.8 Å². The SMILES string of the molecule is CC(C)(C)OC(=O)N(C(=O)O)c1nocc1C=O. The van der Waals surface area contributed by atoms with Gasteiger partial charge in [0.2, 0.25) is 5.82 Å². The summed E-state index contributed by atoms with van der Waals surface area (Å²) in [6.07, 6.45) is -1.53. The number of carbonyl (C=O) groups is 3. The monoisotopic (exact) mass is 256 g/mol. The molecule has 0 bridgehead atoms. The minimum Gasteiger partial charge on any atom is -0.464 e. The molecule has 8 nitrogen and oxygen atoms in total. The van der Waals surface area contributed by atoms with Crippen molar-refractivity contribution in [3.8, 4) is 0 Å². The van der Waals surface area contributed by atoms with Gasteiger partial charge < -0.3 is 14.4 Å². The molecule has 0 saturated heterocycles. The molecular weight excluding hydrogens is 244 g/mol. The average molecular weight is 256 g/mol. The van der Waals surface area contributed by atoms with Crippen molar-refractivity contribution in [1.29, 1.82) is 0 Å². The highest BCUT2D eigenvalue weighted by Crippen LogP contribution is 2.20. The van der Waals surface area contributed by atoms with Gasteiger partial charge in [-0.3, -0.25) is 4.79 Å². The van der Waals surface area contributed by atoms with Crippen LogP contribution in [0.3, 0.4) is 0 Å². The number of rotatable bonds is 2. The first-order chi connectivity index (χ1) is 8.26. The fourth-order valence-corrected chi connectivity index (χ4v) is 1.05. The van der Waals surface area contributed by atoms with Gasteiger partial charge in [-0.15, -0.1) is 0 Å². The summed E-state index contributed by atoms with van der Waals surface area (Å²) >= 11 is 0. The van der Waals surface area contributed by atoms with Gasteiger partial charge in [0, 0.05) is 0 Å². The number of anilines is 1. The van der Waals surface area contributed by atoms with Crippen molar-refractivity contribution < 1.29 is 28.8 Å². The molecule has 0 aromatic carbocycles. The Morgan fingerprint density at radius 2 is 2.11 bits per heavy atom. The topological polar surface area (TPSA) is 110 Å². The van der Waals surface area contributed by atoms with Crippen LogP contribution in [0.1, 0.15) is 31.1 Å².